The number of aryl methyl sites for hydroxylation is 2. The number of rotatable bonds is 2. The van der Waals surface area contributed by atoms with E-state index in [-0.39, 0.29) is 42.5 Å². The predicted octanol–water partition coefficient (Wildman–Crippen LogP) is 9.56. The molecular weight excluding hydrogens is 709 g/mol. The normalized spacial score (nSPS) is 13.3. The van der Waals surface area contributed by atoms with Gasteiger partial charge in [-0.3, -0.25) is 14.8 Å². The van der Waals surface area contributed by atoms with E-state index in [4.69, 9.17) is 4.98 Å². The Morgan fingerprint density at radius 3 is 2.19 bits per heavy atom. The quantitative estimate of drug-likeness (QED) is 0.126. The Morgan fingerprint density at radius 1 is 0.884 bits per heavy atom. The van der Waals surface area contributed by atoms with Gasteiger partial charge < -0.3 is 5.11 Å². The molecule has 0 spiro atoms. The molecule has 4 nitrogen and oxygen atoms in total. The number of carbonyl (C=O) groups excluding carboxylic acids is 1. The number of pyridine rings is 2. The molecule has 0 saturated carbocycles. The number of aliphatic hydroxyl groups is 1. The van der Waals surface area contributed by atoms with Crippen molar-refractivity contribution in [2.75, 3.05) is 0 Å². The Bertz CT molecular complexity index is 1660. The van der Waals surface area contributed by atoms with Gasteiger partial charge in [0.25, 0.3) is 0 Å². The average Bonchev–Trinajstić information content (AvgIpc) is 2.90. The van der Waals surface area contributed by atoms with Crippen LogP contribution in [-0.4, -0.2) is 20.9 Å². The van der Waals surface area contributed by atoms with Gasteiger partial charge in [-0.05, 0) is 54.0 Å². The maximum atomic E-state index is 11.5. The molecule has 0 fully saturated rings. The van der Waals surface area contributed by atoms with Gasteiger partial charge in [-0.15, -0.1) is 29.1 Å². The number of hydrogen-bond donors (Lipinski definition) is 1. The van der Waals surface area contributed by atoms with Crippen molar-refractivity contribution >= 4 is 16.6 Å². The summed E-state index contributed by atoms with van der Waals surface area (Å²) < 4.78 is 0. The third-order valence-corrected chi connectivity index (χ3v) is 7.73. The first-order valence-corrected chi connectivity index (χ1v) is 14.8. The van der Waals surface area contributed by atoms with Crippen molar-refractivity contribution < 1.29 is 30.0 Å². The molecule has 0 saturated heterocycles. The number of hydrogen-bond acceptors (Lipinski definition) is 4. The largest absolute Gasteiger partial charge is 0.512 e. The van der Waals surface area contributed by atoms with Crippen LogP contribution in [0.25, 0.3) is 33.2 Å². The standard InChI is InChI=1S/C27H25N2.C11H20O2.Ir/c1-17-13-19-9-10-23-22(24(19)16-29-17)11-12-28-26(23)20-14-18-7-5-6-8-21(18)25(15-20)27(2,3)4;1-10(2,3)8(12)7-9(13)11(4,5)6;/h5-8,11-13,15-16H,9-10H2,1-4H3;7,12H,1-6H3;/q-1;;/b;8-7-;. The van der Waals surface area contributed by atoms with Crippen LogP contribution in [0.4, 0.5) is 0 Å². The molecule has 1 aliphatic carbocycles. The molecule has 229 valence electrons. The fourth-order valence-electron chi connectivity index (χ4n) is 5.09. The van der Waals surface area contributed by atoms with Crippen molar-refractivity contribution in [1.82, 2.24) is 9.97 Å². The molecular formula is C38H45IrN2O2-. The second kappa shape index (κ2) is 12.8. The molecule has 4 aromatic rings. The number of nitrogens with zero attached hydrogens (tertiary/aromatic N) is 2. The van der Waals surface area contributed by atoms with E-state index >= 15 is 0 Å². The van der Waals surface area contributed by atoms with E-state index in [1.54, 1.807) is 0 Å². The molecule has 5 heteroatoms. The Labute approximate surface area is 271 Å². The molecule has 1 radical (unpaired) electrons. The molecule has 2 aromatic carbocycles. The third-order valence-electron chi connectivity index (χ3n) is 7.73. The monoisotopic (exact) mass is 754 g/mol. The summed E-state index contributed by atoms with van der Waals surface area (Å²) in [6.45, 7) is 20.0. The maximum absolute atomic E-state index is 11.5. The van der Waals surface area contributed by atoms with E-state index in [1.165, 1.54) is 39.3 Å². The topological polar surface area (TPSA) is 63.1 Å². The van der Waals surface area contributed by atoms with E-state index in [0.717, 1.165) is 35.2 Å². The number of carbonyl (C=O) groups is 1. The molecule has 1 N–H and O–H groups in total. The van der Waals surface area contributed by atoms with E-state index < -0.39 is 5.41 Å². The van der Waals surface area contributed by atoms with E-state index in [0.29, 0.717) is 0 Å². The van der Waals surface area contributed by atoms with Gasteiger partial charge in [0.15, 0.2) is 5.78 Å². The van der Waals surface area contributed by atoms with Crippen LogP contribution < -0.4 is 0 Å². The number of allylic oxidation sites excluding steroid dienone is 2. The van der Waals surface area contributed by atoms with Crippen molar-refractivity contribution in [2.24, 2.45) is 10.8 Å². The second-order valence-electron chi connectivity index (χ2n) is 14.5. The number of fused-ring (bicyclic) bond motifs is 4. The Hall–Kier alpha value is -3.14. The Balaban J connectivity index is 0.000000310. The minimum Gasteiger partial charge on any atom is -0.512 e. The number of aliphatic hydroxyl groups excluding tert-OH is 1. The SMILES string of the molecule is CC(C)(C)C(=O)/C=C(\O)C(C)(C)C.Cc1cc2c(cn1)-c1ccnc(-c3[c-]c4ccccc4c(C(C)(C)C)c3)c1CC2.[Ir]. The van der Waals surface area contributed by atoms with Gasteiger partial charge in [0.2, 0.25) is 0 Å². The molecule has 0 atom stereocenters. The van der Waals surface area contributed by atoms with E-state index in [1.807, 2.05) is 53.9 Å². The summed E-state index contributed by atoms with van der Waals surface area (Å²) in [5.41, 5.74) is 9.08. The summed E-state index contributed by atoms with van der Waals surface area (Å²) in [6.07, 6.45) is 7.32. The van der Waals surface area contributed by atoms with Crippen LogP contribution in [0, 0.1) is 23.8 Å². The average molecular weight is 754 g/mol. The maximum Gasteiger partial charge on any atom is 0.164 e. The third kappa shape index (κ3) is 7.88. The van der Waals surface area contributed by atoms with E-state index in [9.17, 15) is 9.90 Å². The summed E-state index contributed by atoms with van der Waals surface area (Å²) in [5.74, 6) is 0.104. The molecule has 0 unspecified atom stereocenters. The zero-order valence-electron chi connectivity index (χ0n) is 27.3. The summed E-state index contributed by atoms with van der Waals surface area (Å²) in [7, 11) is 0. The van der Waals surface area contributed by atoms with Gasteiger partial charge in [-0.25, -0.2) is 0 Å². The fourth-order valence-corrected chi connectivity index (χ4v) is 5.09. The predicted molar refractivity (Wildman–Crippen MR) is 175 cm³/mol. The fraction of sp³-hybridized carbons (Fsp3) is 0.395. The van der Waals surface area contributed by atoms with Crippen LogP contribution in [0.3, 0.4) is 0 Å². The molecule has 2 heterocycles. The van der Waals surface area contributed by atoms with Gasteiger partial charge >= 0.3 is 0 Å². The van der Waals surface area contributed by atoms with Crippen LogP contribution in [0.2, 0.25) is 0 Å². The van der Waals surface area contributed by atoms with Crippen LogP contribution in [-0.2, 0) is 43.2 Å². The molecule has 2 aromatic heterocycles. The van der Waals surface area contributed by atoms with Crippen molar-refractivity contribution in [2.45, 2.75) is 87.5 Å². The van der Waals surface area contributed by atoms with Gasteiger partial charge in [-0.2, -0.15) is 0 Å². The van der Waals surface area contributed by atoms with Crippen molar-refractivity contribution in [1.29, 1.82) is 0 Å². The molecule has 0 bridgehead atoms. The number of benzene rings is 2. The van der Waals surface area contributed by atoms with Gasteiger partial charge in [0.05, 0.1) is 0 Å². The second-order valence-corrected chi connectivity index (χ2v) is 14.5. The van der Waals surface area contributed by atoms with Gasteiger partial charge in [0, 0.05) is 66.4 Å². The molecule has 1 aliphatic rings. The number of ketones is 1. The van der Waals surface area contributed by atoms with Crippen molar-refractivity contribution in [3.05, 3.63) is 95.1 Å². The van der Waals surface area contributed by atoms with Crippen molar-refractivity contribution in [3.8, 4) is 22.4 Å². The minimum absolute atomic E-state index is 0. The molecule has 0 aliphatic heterocycles. The van der Waals surface area contributed by atoms with Crippen LogP contribution in [0.15, 0.2) is 66.7 Å². The summed E-state index contributed by atoms with van der Waals surface area (Å²) in [4.78, 5) is 20.9. The summed E-state index contributed by atoms with van der Waals surface area (Å²) in [6, 6.07) is 18.9. The zero-order valence-corrected chi connectivity index (χ0v) is 29.7. The van der Waals surface area contributed by atoms with Gasteiger partial charge in [0.1, 0.15) is 5.76 Å². The van der Waals surface area contributed by atoms with Crippen molar-refractivity contribution in [3.63, 3.8) is 0 Å². The molecule has 43 heavy (non-hydrogen) atoms. The summed E-state index contributed by atoms with van der Waals surface area (Å²) >= 11 is 0. The Morgan fingerprint density at radius 2 is 1.56 bits per heavy atom. The molecule has 5 rings (SSSR count). The first-order valence-electron chi connectivity index (χ1n) is 14.8. The smallest absolute Gasteiger partial charge is 0.164 e. The van der Waals surface area contributed by atoms with Crippen LogP contribution >= 0.6 is 0 Å². The van der Waals surface area contributed by atoms with E-state index in [2.05, 4.69) is 81.2 Å². The number of aromatic nitrogens is 2. The first-order chi connectivity index (χ1) is 19.5. The zero-order chi connectivity index (χ0) is 31.0. The summed E-state index contributed by atoms with van der Waals surface area (Å²) in [5, 5.41) is 12.0. The van der Waals surface area contributed by atoms with Crippen LogP contribution in [0.5, 0.6) is 0 Å². The minimum atomic E-state index is -0.417. The van der Waals surface area contributed by atoms with Gasteiger partial charge in [-0.1, -0.05) is 91.5 Å². The molecule has 0 amide bonds. The first kappa shape index (κ1) is 34.4. The van der Waals surface area contributed by atoms with Crippen LogP contribution in [0.1, 0.15) is 84.7 Å². The Kier molecular flexibility index (Phi) is 10.3.